The first-order chi connectivity index (χ1) is 7.24. The van der Waals surface area contributed by atoms with E-state index in [1.165, 1.54) is 44.7 Å². The zero-order valence-electron chi connectivity index (χ0n) is 11.5. The molecular formula is C14H32P+. The number of rotatable bonds is 10. The lowest BCUT2D eigenvalue weighted by Crippen LogP contribution is -2.10. The second-order valence-corrected chi connectivity index (χ2v) is 9.55. The van der Waals surface area contributed by atoms with Crippen LogP contribution in [0.2, 0.25) is 0 Å². The van der Waals surface area contributed by atoms with Gasteiger partial charge in [-0.05, 0) is 32.6 Å². The Kier molecular flexibility index (Phi) is 9.92. The summed E-state index contributed by atoms with van der Waals surface area (Å²) in [7, 11) is -0.517. The van der Waals surface area contributed by atoms with Crippen molar-refractivity contribution < 1.29 is 0 Å². The summed E-state index contributed by atoms with van der Waals surface area (Å²) in [4.78, 5) is 0. The Morgan fingerprint density at radius 3 is 1.60 bits per heavy atom. The van der Waals surface area contributed by atoms with Crippen molar-refractivity contribution in [1.82, 2.24) is 0 Å². The predicted octanol–water partition coefficient (Wildman–Crippen LogP) is 5.42. The van der Waals surface area contributed by atoms with Gasteiger partial charge < -0.3 is 0 Å². The molecule has 0 saturated heterocycles. The summed E-state index contributed by atoms with van der Waals surface area (Å²) in [5.41, 5.74) is 0. The highest BCUT2D eigenvalue weighted by Crippen LogP contribution is 2.59. The maximum absolute atomic E-state index is 2.44. The fourth-order valence-corrected chi connectivity index (χ4v) is 7.04. The second-order valence-electron chi connectivity index (χ2n) is 4.89. The largest absolute Gasteiger partial charge is 0.0654 e. The summed E-state index contributed by atoms with van der Waals surface area (Å²) in [5, 5.41) is 0. The molecule has 0 aromatic rings. The monoisotopic (exact) mass is 231 g/mol. The van der Waals surface area contributed by atoms with Crippen LogP contribution in [0.4, 0.5) is 0 Å². The maximum Gasteiger partial charge on any atom is 0.0594 e. The van der Waals surface area contributed by atoms with Gasteiger partial charge in [-0.3, -0.25) is 0 Å². The van der Waals surface area contributed by atoms with Crippen LogP contribution in [-0.4, -0.2) is 24.6 Å². The van der Waals surface area contributed by atoms with Crippen LogP contribution in [0, 0.1) is 0 Å². The van der Waals surface area contributed by atoms with E-state index < -0.39 is 7.26 Å². The highest BCUT2D eigenvalue weighted by atomic mass is 31.2. The zero-order valence-corrected chi connectivity index (χ0v) is 12.4. The summed E-state index contributed by atoms with van der Waals surface area (Å²) in [5.74, 6) is 0. The topological polar surface area (TPSA) is 0 Å². The lowest BCUT2D eigenvalue weighted by molar-refractivity contribution is 0.702. The van der Waals surface area contributed by atoms with Gasteiger partial charge in [-0.15, -0.1) is 0 Å². The molecule has 92 valence electrons. The van der Waals surface area contributed by atoms with Gasteiger partial charge >= 0.3 is 0 Å². The third-order valence-electron chi connectivity index (χ3n) is 3.55. The van der Waals surface area contributed by atoms with E-state index in [9.17, 15) is 0 Å². The predicted molar refractivity (Wildman–Crippen MR) is 76.8 cm³/mol. The lowest BCUT2D eigenvalue weighted by atomic mass is 10.2. The highest BCUT2D eigenvalue weighted by Gasteiger charge is 2.32. The molecule has 0 aliphatic rings. The van der Waals surface area contributed by atoms with Gasteiger partial charge in [0.1, 0.15) is 0 Å². The van der Waals surface area contributed by atoms with Crippen molar-refractivity contribution in [2.75, 3.05) is 24.6 Å². The fraction of sp³-hybridized carbons (Fsp3) is 1.00. The molecule has 0 heterocycles. The Balaban J connectivity index is 3.96. The molecule has 0 N–H and O–H groups in total. The summed E-state index contributed by atoms with van der Waals surface area (Å²) >= 11 is 0. The number of unbranched alkanes of at least 4 members (excludes halogenated alkanes) is 3. The van der Waals surface area contributed by atoms with Gasteiger partial charge in [0, 0.05) is 7.26 Å². The van der Waals surface area contributed by atoms with Gasteiger partial charge in [-0.1, -0.05) is 33.6 Å². The Morgan fingerprint density at radius 1 is 0.600 bits per heavy atom. The van der Waals surface area contributed by atoms with Crippen molar-refractivity contribution in [2.45, 2.75) is 66.2 Å². The molecule has 1 heteroatoms. The molecule has 0 atom stereocenters. The van der Waals surface area contributed by atoms with Crippen LogP contribution in [-0.2, 0) is 0 Å². The van der Waals surface area contributed by atoms with Crippen LogP contribution in [0.3, 0.4) is 0 Å². The number of hydrogen-bond donors (Lipinski definition) is 0. The molecule has 0 rings (SSSR count). The summed E-state index contributed by atoms with van der Waals surface area (Å²) in [6, 6.07) is 0. The molecule has 15 heavy (non-hydrogen) atoms. The maximum atomic E-state index is 2.44. The molecule has 0 aliphatic heterocycles. The molecule has 0 bridgehead atoms. The summed E-state index contributed by atoms with van der Waals surface area (Å²) in [6.45, 7) is 9.48. The first-order valence-corrected chi connectivity index (χ1v) is 9.62. The molecule has 0 aromatic heterocycles. The van der Waals surface area contributed by atoms with E-state index in [1.54, 1.807) is 18.5 Å². The van der Waals surface area contributed by atoms with Crippen LogP contribution < -0.4 is 0 Å². The van der Waals surface area contributed by atoms with E-state index >= 15 is 0 Å². The van der Waals surface area contributed by atoms with E-state index in [-0.39, 0.29) is 0 Å². The molecule has 0 aliphatic carbocycles. The van der Waals surface area contributed by atoms with E-state index in [4.69, 9.17) is 0 Å². The third kappa shape index (κ3) is 6.56. The van der Waals surface area contributed by atoms with Crippen LogP contribution in [0.1, 0.15) is 66.2 Å². The molecule has 0 aromatic carbocycles. The molecule has 0 unspecified atom stereocenters. The molecule has 0 radical (unpaired) electrons. The minimum atomic E-state index is -0.517. The zero-order chi connectivity index (χ0) is 11.6. The first kappa shape index (κ1) is 15.4. The Hall–Kier alpha value is 0.430. The average molecular weight is 231 g/mol. The van der Waals surface area contributed by atoms with E-state index in [2.05, 4.69) is 27.7 Å². The van der Waals surface area contributed by atoms with Gasteiger partial charge in [0.15, 0.2) is 0 Å². The van der Waals surface area contributed by atoms with Crippen LogP contribution in [0.15, 0.2) is 0 Å². The van der Waals surface area contributed by atoms with Crippen LogP contribution in [0.5, 0.6) is 0 Å². The lowest BCUT2D eigenvalue weighted by Gasteiger charge is -2.25. The van der Waals surface area contributed by atoms with Crippen molar-refractivity contribution in [2.24, 2.45) is 0 Å². The molecule has 0 spiro atoms. The Labute approximate surface area is 98.6 Å². The summed E-state index contributed by atoms with van der Waals surface area (Å²) < 4.78 is 0. The van der Waals surface area contributed by atoms with Gasteiger partial charge in [0.25, 0.3) is 0 Å². The summed E-state index contributed by atoms with van der Waals surface area (Å²) in [6.07, 6.45) is 14.8. The van der Waals surface area contributed by atoms with E-state index in [0.717, 1.165) is 0 Å². The molecular weight excluding hydrogens is 199 g/mol. The molecule has 0 nitrogen and oxygen atoms in total. The van der Waals surface area contributed by atoms with Crippen molar-refractivity contribution >= 4 is 7.26 Å². The van der Waals surface area contributed by atoms with E-state index in [0.29, 0.717) is 0 Å². The minimum Gasteiger partial charge on any atom is -0.0654 e. The smallest absolute Gasteiger partial charge is 0.0594 e. The van der Waals surface area contributed by atoms with Crippen LogP contribution >= 0.6 is 7.26 Å². The molecule has 0 fully saturated rings. The average Bonchev–Trinajstić information content (AvgIpc) is 2.25. The SMILES string of the molecule is CCCCCC[P+](CC)(CCC)CCC. The third-order valence-corrected chi connectivity index (χ3v) is 8.95. The van der Waals surface area contributed by atoms with Gasteiger partial charge in [0.2, 0.25) is 0 Å². The quantitative estimate of drug-likeness (QED) is 0.347. The van der Waals surface area contributed by atoms with Crippen molar-refractivity contribution in [3.8, 4) is 0 Å². The van der Waals surface area contributed by atoms with Gasteiger partial charge in [-0.2, -0.15) is 0 Å². The Bertz CT molecular complexity index is 125. The fourth-order valence-electron chi connectivity index (χ4n) is 2.63. The first-order valence-electron chi connectivity index (χ1n) is 7.09. The van der Waals surface area contributed by atoms with Crippen molar-refractivity contribution in [3.63, 3.8) is 0 Å². The van der Waals surface area contributed by atoms with Crippen LogP contribution in [0.25, 0.3) is 0 Å². The number of hydrogen-bond acceptors (Lipinski definition) is 0. The van der Waals surface area contributed by atoms with E-state index in [1.807, 2.05) is 0 Å². The Morgan fingerprint density at radius 2 is 1.20 bits per heavy atom. The van der Waals surface area contributed by atoms with Gasteiger partial charge in [-0.25, -0.2) is 0 Å². The molecule has 0 saturated carbocycles. The normalized spacial score (nSPS) is 12.0. The highest BCUT2D eigenvalue weighted by molar-refractivity contribution is 7.75. The second kappa shape index (κ2) is 9.64. The van der Waals surface area contributed by atoms with Crippen molar-refractivity contribution in [3.05, 3.63) is 0 Å². The standard InChI is InChI=1S/C14H32P/c1-5-9-10-11-14-15(8-4,12-6-2)13-7-3/h5-14H2,1-4H3/q+1. The van der Waals surface area contributed by atoms with Crippen molar-refractivity contribution in [1.29, 1.82) is 0 Å². The van der Waals surface area contributed by atoms with Gasteiger partial charge in [0.05, 0.1) is 24.6 Å². The minimum absolute atomic E-state index is 0.517. The molecule has 0 amide bonds.